The van der Waals surface area contributed by atoms with Crippen molar-refractivity contribution in [2.24, 2.45) is 0 Å². The third kappa shape index (κ3) is 4.58. The van der Waals surface area contributed by atoms with Crippen LogP contribution in [0.1, 0.15) is 39.0 Å². The lowest BCUT2D eigenvalue weighted by Gasteiger charge is -2.14. The van der Waals surface area contributed by atoms with Gasteiger partial charge in [0.1, 0.15) is 0 Å². The molecule has 0 aliphatic heterocycles. The molecule has 1 amide bonds. The number of para-hydroxylation sites is 1. The number of thioether (sulfide) groups is 1. The molecule has 3 nitrogen and oxygen atoms in total. The number of benzene rings is 1. The normalized spacial score (nSPS) is 11.5. The van der Waals surface area contributed by atoms with Crippen molar-refractivity contribution in [2.45, 2.75) is 43.9 Å². The van der Waals surface area contributed by atoms with Crippen molar-refractivity contribution in [3.63, 3.8) is 0 Å². The third-order valence-electron chi connectivity index (χ3n) is 3.25. The first kappa shape index (κ1) is 17.0. The summed E-state index contributed by atoms with van der Waals surface area (Å²) in [5.74, 6) is 0.396. The van der Waals surface area contributed by atoms with Crippen LogP contribution in [0.4, 0.5) is 5.69 Å². The maximum absolute atomic E-state index is 12.1. The van der Waals surface area contributed by atoms with Gasteiger partial charge < -0.3 is 5.32 Å². The highest BCUT2D eigenvalue weighted by Gasteiger charge is 2.18. The summed E-state index contributed by atoms with van der Waals surface area (Å²) < 4.78 is 0.948. The minimum atomic E-state index is 0.0124. The zero-order chi connectivity index (χ0) is 16.2. The summed E-state index contributed by atoms with van der Waals surface area (Å²) in [7, 11) is 0. The van der Waals surface area contributed by atoms with Crippen LogP contribution in [-0.2, 0) is 16.6 Å². The molecule has 0 saturated carbocycles. The zero-order valence-electron chi connectivity index (χ0n) is 13.5. The van der Waals surface area contributed by atoms with Gasteiger partial charge in [0.05, 0.1) is 11.4 Å². The first-order valence-corrected chi connectivity index (χ1v) is 9.23. The summed E-state index contributed by atoms with van der Waals surface area (Å²) in [5, 5.41) is 5.06. The SMILES string of the molecule is CCc1ccccc1NC(=O)CSc1nc(C(C)(C)C)cs1. The Hall–Kier alpha value is -1.33. The molecule has 2 rings (SSSR count). The lowest BCUT2D eigenvalue weighted by atomic mass is 9.93. The predicted octanol–water partition coefficient (Wildman–Crippen LogP) is 4.73. The maximum atomic E-state index is 12.1. The van der Waals surface area contributed by atoms with E-state index in [4.69, 9.17) is 0 Å². The largest absolute Gasteiger partial charge is 0.325 e. The van der Waals surface area contributed by atoms with E-state index in [-0.39, 0.29) is 11.3 Å². The molecule has 0 fully saturated rings. The lowest BCUT2D eigenvalue weighted by Crippen LogP contribution is -2.15. The number of amides is 1. The van der Waals surface area contributed by atoms with Crippen LogP contribution in [0.2, 0.25) is 0 Å². The van der Waals surface area contributed by atoms with Gasteiger partial charge in [0.25, 0.3) is 0 Å². The van der Waals surface area contributed by atoms with Gasteiger partial charge >= 0.3 is 0 Å². The highest BCUT2D eigenvalue weighted by Crippen LogP contribution is 2.29. The fourth-order valence-electron chi connectivity index (χ4n) is 1.93. The van der Waals surface area contributed by atoms with Crippen LogP contribution in [-0.4, -0.2) is 16.6 Å². The van der Waals surface area contributed by atoms with Crippen molar-refractivity contribution in [1.82, 2.24) is 4.98 Å². The van der Waals surface area contributed by atoms with Crippen LogP contribution >= 0.6 is 23.1 Å². The van der Waals surface area contributed by atoms with Crippen molar-refractivity contribution in [2.75, 3.05) is 11.1 Å². The zero-order valence-corrected chi connectivity index (χ0v) is 15.1. The molecule has 1 aromatic carbocycles. The molecular formula is C17H22N2OS2. The number of aryl methyl sites for hydroxylation is 1. The lowest BCUT2D eigenvalue weighted by molar-refractivity contribution is -0.113. The summed E-state index contributed by atoms with van der Waals surface area (Å²) in [6, 6.07) is 7.92. The number of hydrogen-bond acceptors (Lipinski definition) is 4. The van der Waals surface area contributed by atoms with Crippen molar-refractivity contribution in [1.29, 1.82) is 0 Å². The second-order valence-electron chi connectivity index (χ2n) is 6.10. The van der Waals surface area contributed by atoms with Crippen LogP contribution in [0, 0.1) is 0 Å². The number of rotatable bonds is 5. The quantitative estimate of drug-likeness (QED) is 0.804. The van der Waals surface area contributed by atoms with Gasteiger partial charge in [0, 0.05) is 16.5 Å². The van der Waals surface area contributed by atoms with Crippen molar-refractivity contribution >= 4 is 34.7 Å². The molecule has 0 radical (unpaired) electrons. The summed E-state index contributed by atoms with van der Waals surface area (Å²) >= 11 is 3.10. The summed E-state index contributed by atoms with van der Waals surface area (Å²) in [4.78, 5) is 16.7. The molecule has 0 aliphatic carbocycles. The number of nitrogens with zero attached hydrogens (tertiary/aromatic N) is 1. The average Bonchev–Trinajstić information content (AvgIpc) is 2.95. The monoisotopic (exact) mass is 334 g/mol. The Morgan fingerprint density at radius 2 is 2.05 bits per heavy atom. The van der Waals surface area contributed by atoms with Gasteiger partial charge in [-0.05, 0) is 18.1 Å². The van der Waals surface area contributed by atoms with Crippen molar-refractivity contribution in [3.8, 4) is 0 Å². The number of anilines is 1. The number of carbonyl (C=O) groups excluding carboxylic acids is 1. The summed E-state index contributed by atoms with van der Waals surface area (Å²) in [6.45, 7) is 8.52. The first-order chi connectivity index (χ1) is 10.4. The predicted molar refractivity (Wildman–Crippen MR) is 96.0 cm³/mol. The maximum Gasteiger partial charge on any atom is 0.234 e. The molecule has 22 heavy (non-hydrogen) atoms. The Morgan fingerprint density at radius 1 is 1.32 bits per heavy atom. The molecule has 0 aliphatic rings. The first-order valence-electron chi connectivity index (χ1n) is 7.36. The number of nitrogens with one attached hydrogen (secondary N) is 1. The Kier molecular flexibility index (Phi) is 5.64. The number of thiazole rings is 1. The van der Waals surface area contributed by atoms with Gasteiger partial charge in [-0.15, -0.1) is 11.3 Å². The number of carbonyl (C=O) groups is 1. The second kappa shape index (κ2) is 7.29. The van der Waals surface area contributed by atoms with Gasteiger partial charge in [0.15, 0.2) is 4.34 Å². The molecule has 0 spiro atoms. The average molecular weight is 335 g/mol. The van der Waals surface area contributed by atoms with E-state index in [1.54, 1.807) is 11.3 Å². The van der Waals surface area contributed by atoms with Gasteiger partial charge in [0.2, 0.25) is 5.91 Å². The highest BCUT2D eigenvalue weighted by atomic mass is 32.2. The van der Waals surface area contributed by atoms with E-state index in [1.165, 1.54) is 11.8 Å². The molecule has 0 unspecified atom stereocenters. The Bertz CT molecular complexity index is 644. The highest BCUT2D eigenvalue weighted by molar-refractivity contribution is 8.01. The molecule has 1 aromatic heterocycles. The molecular weight excluding hydrogens is 312 g/mol. The molecule has 0 bridgehead atoms. The molecule has 2 aromatic rings. The third-order valence-corrected chi connectivity index (χ3v) is 5.27. The van der Waals surface area contributed by atoms with Crippen LogP contribution in [0.3, 0.4) is 0 Å². The molecule has 1 N–H and O–H groups in total. The fraction of sp³-hybridized carbons (Fsp3) is 0.412. The Labute approximate surface area is 140 Å². The van der Waals surface area contributed by atoms with Gasteiger partial charge in [-0.3, -0.25) is 4.79 Å². The minimum Gasteiger partial charge on any atom is -0.325 e. The molecule has 118 valence electrons. The Balaban J connectivity index is 1.92. The molecule has 1 heterocycles. The van der Waals surface area contributed by atoms with E-state index in [0.717, 1.165) is 27.7 Å². The van der Waals surface area contributed by atoms with Gasteiger partial charge in [-0.25, -0.2) is 4.98 Å². The van der Waals surface area contributed by atoms with Crippen molar-refractivity contribution < 1.29 is 4.79 Å². The van der Waals surface area contributed by atoms with Crippen LogP contribution in [0.15, 0.2) is 34.0 Å². The number of hydrogen-bond donors (Lipinski definition) is 1. The fourth-order valence-corrected chi connectivity index (χ4v) is 3.78. The van der Waals surface area contributed by atoms with Crippen LogP contribution in [0.25, 0.3) is 0 Å². The van der Waals surface area contributed by atoms with Crippen LogP contribution < -0.4 is 5.32 Å². The minimum absolute atomic E-state index is 0.0124. The van der Waals surface area contributed by atoms with E-state index < -0.39 is 0 Å². The second-order valence-corrected chi connectivity index (χ2v) is 8.18. The molecule has 0 saturated heterocycles. The molecule has 0 atom stereocenters. The van der Waals surface area contributed by atoms with E-state index >= 15 is 0 Å². The molecule has 5 heteroatoms. The van der Waals surface area contributed by atoms with E-state index in [1.807, 2.05) is 24.3 Å². The number of aromatic nitrogens is 1. The van der Waals surface area contributed by atoms with E-state index in [0.29, 0.717) is 5.75 Å². The van der Waals surface area contributed by atoms with E-state index in [2.05, 4.69) is 43.4 Å². The smallest absolute Gasteiger partial charge is 0.234 e. The topological polar surface area (TPSA) is 42.0 Å². The van der Waals surface area contributed by atoms with E-state index in [9.17, 15) is 4.79 Å². The summed E-state index contributed by atoms with van der Waals surface area (Å²) in [5.41, 5.74) is 3.20. The van der Waals surface area contributed by atoms with Gasteiger partial charge in [-0.2, -0.15) is 0 Å². The summed E-state index contributed by atoms with van der Waals surface area (Å²) in [6.07, 6.45) is 0.908. The van der Waals surface area contributed by atoms with Gasteiger partial charge in [-0.1, -0.05) is 57.7 Å². The Morgan fingerprint density at radius 3 is 2.68 bits per heavy atom. The van der Waals surface area contributed by atoms with Crippen molar-refractivity contribution in [3.05, 3.63) is 40.9 Å². The standard InChI is InChI=1S/C17H22N2OS2/c1-5-12-8-6-7-9-13(12)18-15(20)11-22-16-19-14(10-21-16)17(2,3)4/h6-10H,5,11H2,1-4H3,(H,18,20). The van der Waals surface area contributed by atoms with Crippen LogP contribution in [0.5, 0.6) is 0 Å².